The molecule has 0 aliphatic rings. The number of benzene rings is 3. The Morgan fingerprint density at radius 3 is 1.54 bits per heavy atom. The third kappa shape index (κ3) is 7.86. The first-order valence-electron chi connectivity index (χ1n) is 11.3. The molecule has 0 unspecified atom stereocenters. The van der Waals surface area contributed by atoms with Crippen LogP contribution in [0.15, 0.2) is 79.4 Å². The third-order valence-electron chi connectivity index (χ3n) is 5.20. The Hall–Kier alpha value is -4.35. The summed E-state index contributed by atoms with van der Waals surface area (Å²) < 4.78 is 0. The Kier molecular flexibility index (Phi) is 9.64. The zero-order chi connectivity index (χ0) is 29.5. The van der Waals surface area contributed by atoms with Crippen LogP contribution >= 0.6 is 46.4 Å². The predicted molar refractivity (Wildman–Crippen MR) is 156 cm³/mol. The van der Waals surface area contributed by atoms with Crippen molar-refractivity contribution in [1.82, 2.24) is 29.9 Å². The van der Waals surface area contributed by atoms with Crippen molar-refractivity contribution in [3.05, 3.63) is 106 Å². The summed E-state index contributed by atoms with van der Waals surface area (Å²) in [5.74, 6) is -0.951. The number of carbonyl (C=O) groups excluding carboxylic acids is 2. The van der Waals surface area contributed by atoms with Crippen LogP contribution in [0, 0.1) is 0 Å². The lowest BCUT2D eigenvalue weighted by Gasteiger charge is -1.98. The first kappa shape index (κ1) is 29.6. The van der Waals surface area contributed by atoms with E-state index in [4.69, 9.17) is 51.5 Å². The average molecular weight is 628 g/mol. The number of rotatable bonds is 3. The van der Waals surface area contributed by atoms with Gasteiger partial charge in [0.05, 0.1) is 51.1 Å². The minimum absolute atomic E-state index is 0.230. The van der Waals surface area contributed by atoms with Crippen LogP contribution < -0.4 is 0 Å². The zero-order valence-corrected chi connectivity index (χ0v) is 23.4. The van der Waals surface area contributed by atoms with Gasteiger partial charge >= 0.3 is 5.97 Å². The van der Waals surface area contributed by atoms with Crippen molar-refractivity contribution in [3.63, 3.8) is 0 Å². The summed E-state index contributed by atoms with van der Waals surface area (Å²) in [5, 5.41) is 8.28. The second-order valence-electron chi connectivity index (χ2n) is 7.90. The summed E-state index contributed by atoms with van der Waals surface area (Å²) in [6.45, 7) is 0. The first-order valence-corrected chi connectivity index (χ1v) is 12.8. The lowest BCUT2D eigenvalue weighted by atomic mass is 10.2. The molecule has 6 rings (SSSR count). The molecule has 10 nitrogen and oxygen atoms in total. The predicted octanol–water partition coefficient (Wildman–Crippen LogP) is 6.65. The Bertz CT molecular complexity index is 1940. The molecule has 0 bridgehead atoms. The summed E-state index contributed by atoms with van der Waals surface area (Å²) in [5.41, 5.74) is 4.79. The standard InChI is InChI=1S/2C9H4Cl2N2O.C9H6N2O2/c10-8-4-12-7-3-5(9(11)14)1-2-6(7)13-8;10-8-4-12-6-2-1-5(9(11)14)3-7(6)13-8;12-9(13)6-1-2-7-8(5-6)11-4-3-10-7/h2*1-4H;1-5H,(H,12,13). The van der Waals surface area contributed by atoms with Crippen LogP contribution in [0.2, 0.25) is 10.3 Å². The number of carboxylic acids is 1. The van der Waals surface area contributed by atoms with Crippen LogP contribution in [-0.4, -0.2) is 51.5 Å². The Balaban J connectivity index is 0.000000142. The van der Waals surface area contributed by atoms with Crippen LogP contribution in [0.3, 0.4) is 0 Å². The molecule has 204 valence electrons. The van der Waals surface area contributed by atoms with Crippen LogP contribution in [-0.2, 0) is 0 Å². The number of aromatic carboxylic acids is 1. The minimum Gasteiger partial charge on any atom is -0.478 e. The van der Waals surface area contributed by atoms with E-state index in [1.165, 1.54) is 30.7 Å². The highest BCUT2D eigenvalue weighted by atomic mass is 35.5. The Morgan fingerprint density at radius 2 is 0.951 bits per heavy atom. The average Bonchev–Trinajstić information content (AvgIpc) is 2.96. The van der Waals surface area contributed by atoms with Gasteiger partial charge < -0.3 is 5.11 Å². The van der Waals surface area contributed by atoms with E-state index in [-0.39, 0.29) is 10.7 Å². The fourth-order valence-corrected chi connectivity index (χ4v) is 3.83. The van der Waals surface area contributed by atoms with E-state index in [9.17, 15) is 14.4 Å². The summed E-state index contributed by atoms with van der Waals surface area (Å²) in [6, 6.07) is 14.3. The topological polar surface area (TPSA) is 149 Å². The minimum atomic E-state index is -0.951. The molecule has 0 radical (unpaired) electrons. The number of halogens is 4. The van der Waals surface area contributed by atoms with Gasteiger partial charge in [-0.05, 0) is 77.8 Å². The van der Waals surface area contributed by atoms with Gasteiger partial charge in [0.2, 0.25) is 0 Å². The summed E-state index contributed by atoms with van der Waals surface area (Å²) in [6.07, 6.45) is 5.98. The molecule has 6 aromatic rings. The Labute approximate surface area is 251 Å². The van der Waals surface area contributed by atoms with Crippen LogP contribution in [0.4, 0.5) is 0 Å². The van der Waals surface area contributed by atoms with E-state index < -0.39 is 16.5 Å². The van der Waals surface area contributed by atoms with Gasteiger partial charge in [-0.3, -0.25) is 29.5 Å². The van der Waals surface area contributed by atoms with Gasteiger partial charge in [0.15, 0.2) is 0 Å². The number of hydrogen-bond donors (Lipinski definition) is 1. The molecule has 0 atom stereocenters. The van der Waals surface area contributed by atoms with Crippen molar-refractivity contribution >= 4 is 96.0 Å². The lowest BCUT2D eigenvalue weighted by Crippen LogP contribution is -1.96. The molecule has 0 spiro atoms. The quantitative estimate of drug-likeness (QED) is 0.211. The van der Waals surface area contributed by atoms with Gasteiger partial charge in [-0.2, -0.15) is 0 Å². The molecule has 0 saturated carbocycles. The van der Waals surface area contributed by atoms with Crippen molar-refractivity contribution in [3.8, 4) is 0 Å². The van der Waals surface area contributed by atoms with Gasteiger partial charge in [0.1, 0.15) is 10.3 Å². The van der Waals surface area contributed by atoms with Crippen molar-refractivity contribution in [2.24, 2.45) is 0 Å². The second-order valence-corrected chi connectivity index (χ2v) is 9.37. The maximum Gasteiger partial charge on any atom is 0.335 e. The highest BCUT2D eigenvalue weighted by molar-refractivity contribution is 6.68. The van der Waals surface area contributed by atoms with E-state index >= 15 is 0 Å². The smallest absolute Gasteiger partial charge is 0.335 e. The second kappa shape index (κ2) is 13.3. The monoisotopic (exact) mass is 626 g/mol. The van der Waals surface area contributed by atoms with E-state index in [0.717, 1.165) is 0 Å². The van der Waals surface area contributed by atoms with Crippen LogP contribution in [0.1, 0.15) is 31.1 Å². The van der Waals surface area contributed by atoms with E-state index in [2.05, 4.69) is 29.9 Å². The number of carboxylic acid groups (broad SMARTS) is 1. The fourth-order valence-electron chi connectivity index (χ4n) is 3.32. The molecule has 3 aromatic heterocycles. The van der Waals surface area contributed by atoms with Crippen LogP contribution in [0.5, 0.6) is 0 Å². The van der Waals surface area contributed by atoms with E-state index in [1.54, 1.807) is 48.7 Å². The lowest BCUT2D eigenvalue weighted by molar-refractivity contribution is 0.0696. The van der Waals surface area contributed by atoms with E-state index in [1.807, 2.05) is 0 Å². The molecule has 0 aliphatic carbocycles. The molecule has 0 amide bonds. The number of aromatic nitrogens is 6. The van der Waals surface area contributed by atoms with E-state index in [0.29, 0.717) is 49.4 Å². The number of nitrogens with zero attached hydrogens (tertiary/aromatic N) is 6. The van der Waals surface area contributed by atoms with Gasteiger partial charge in [0, 0.05) is 23.5 Å². The van der Waals surface area contributed by atoms with Crippen molar-refractivity contribution in [1.29, 1.82) is 0 Å². The number of fused-ring (bicyclic) bond motifs is 3. The molecular formula is C27H14Cl4N6O4. The van der Waals surface area contributed by atoms with Gasteiger partial charge in [-0.15, -0.1) is 0 Å². The SMILES string of the molecule is O=C(Cl)c1ccc2nc(Cl)cnc2c1.O=C(Cl)c1ccc2ncc(Cl)nc2c1.O=C(O)c1ccc2nccnc2c1. The molecule has 0 saturated heterocycles. The largest absolute Gasteiger partial charge is 0.478 e. The molecule has 3 heterocycles. The fraction of sp³-hybridized carbons (Fsp3) is 0. The maximum atomic E-state index is 10.9. The Morgan fingerprint density at radius 1 is 0.537 bits per heavy atom. The van der Waals surface area contributed by atoms with Gasteiger partial charge in [-0.25, -0.2) is 14.8 Å². The molecular weight excluding hydrogens is 614 g/mol. The zero-order valence-electron chi connectivity index (χ0n) is 20.4. The number of hydrogen-bond acceptors (Lipinski definition) is 9. The summed E-state index contributed by atoms with van der Waals surface area (Å²) >= 11 is 22.0. The number of carbonyl (C=O) groups is 3. The highest BCUT2D eigenvalue weighted by Gasteiger charge is 2.06. The molecule has 14 heteroatoms. The normalized spacial score (nSPS) is 10.3. The van der Waals surface area contributed by atoms with Crippen molar-refractivity contribution < 1.29 is 19.5 Å². The van der Waals surface area contributed by atoms with Gasteiger partial charge in [0.25, 0.3) is 10.5 Å². The maximum absolute atomic E-state index is 10.9. The molecule has 1 N–H and O–H groups in total. The van der Waals surface area contributed by atoms with Gasteiger partial charge in [-0.1, -0.05) is 23.2 Å². The molecule has 0 aliphatic heterocycles. The summed E-state index contributed by atoms with van der Waals surface area (Å²) in [4.78, 5) is 56.4. The molecule has 41 heavy (non-hydrogen) atoms. The highest BCUT2D eigenvalue weighted by Crippen LogP contribution is 2.17. The molecule has 3 aromatic carbocycles. The molecule has 0 fully saturated rings. The van der Waals surface area contributed by atoms with Crippen molar-refractivity contribution in [2.45, 2.75) is 0 Å². The third-order valence-corrected chi connectivity index (χ3v) is 6.00. The van der Waals surface area contributed by atoms with Crippen LogP contribution in [0.25, 0.3) is 33.1 Å². The first-order chi connectivity index (χ1) is 19.6. The van der Waals surface area contributed by atoms with Crippen molar-refractivity contribution in [2.75, 3.05) is 0 Å². The summed E-state index contributed by atoms with van der Waals surface area (Å²) in [7, 11) is 0.